The van der Waals surface area contributed by atoms with Crippen LogP contribution in [0.1, 0.15) is 168 Å². The monoisotopic (exact) mass is 1480 g/mol. The number of benzene rings is 6. The Morgan fingerprint density at radius 2 is 0.583 bits per heavy atom. The molecule has 0 aliphatic heterocycles. The predicted molar refractivity (Wildman–Crippen MR) is 404 cm³/mol. The molecule has 6 aromatic carbocycles. The number of hydrogen-bond acceptors (Lipinski definition) is 18. The lowest BCUT2D eigenvalue weighted by molar-refractivity contribution is -0.0749. The Hall–Kier alpha value is -10.2. The van der Waals surface area contributed by atoms with Crippen LogP contribution in [0.3, 0.4) is 0 Å². The Balaban J connectivity index is 0.715. The van der Waals surface area contributed by atoms with Gasteiger partial charge in [-0.25, -0.2) is 28.8 Å². The summed E-state index contributed by atoms with van der Waals surface area (Å²) in [6.45, 7) is 19.2. The number of ether oxygens (including phenoxy) is 9. The topological polar surface area (TPSA) is 309 Å². The first-order valence-corrected chi connectivity index (χ1v) is 36.9. The van der Waals surface area contributed by atoms with E-state index in [0.29, 0.717) is 71.9 Å². The molecule has 108 heavy (non-hydrogen) atoms. The number of nitrogens with one attached hydrogen (secondary N) is 6. The lowest BCUT2D eigenvalue weighted by atomic mass is 9.62. The maximum atomic E-state index is 13.4. The minimum Gasteiger partial charge on any atom is -0.447 e. The molecule has 0 spiro atoms. The van der Waals surface area contributed by atoms with Gasteiger partial charge in [0, 0.05) is 71.1 Å². The molecule has 6 unspecified atom stereocenters. The Bertz CT molecular complexity index is 3840. The number of amides is 6. The average Bonchev–Trinajstić information content (AvgIpc) is 0.803. The van der Waals surface area contributed by atoms with Gasteiger partial charge in [0.05, 0.1) is 33.0 Å². The van der Waals surface area contributed by atoms with Crippen LogP contribution in [0, 0.1) is 32.5 Å². The molecule has 3 aliphatic rings. The molecular weight excluding hydrogens is 1380 g/mol. The molecule has 0 heterocycles. The summed E-state index contributed by atoms with van der Waals surface area (Å²) in [4.78, 5) is 118. The zero-order valence-corrected chi connectivity index (χ0v) is 63.4. The van der Waals surface area contributed by atoms with Crippen molar-refractivity contribution in [2.45, 2.75) is 144 Å². The second kappa shape index (κ2) is 37.6. The van der Waals surface area contributed by atoms with Crippen LogP contribution < -0.4 is 46.1 Å². The highest BCUT2D eigenvalue weighted by molar-refractivity contribution is 6.10. The van der Waals surface area contributed by atoms with E-state index in [2.05, 4.69) is 94.2 Å². The standard InChI is InChI=1S/C84H104N6O18/c1-79(2)43-63(46-82(7,51-79)54-85-73(94)106-66-31-25-60(26-32-66)70(91)57-19-13-10-14-20-57)88-76(97)103-39-37-100-49-69(102-41-42-105-78(99)90-65-45-81(5,6)53-84(9,48-65)56-87-75(96)108-68-35-29-62(30-36-68)72(93)59-23-17-12-18-24-59)50-101-38-40-104-77(98)89-64-44-80(3,4)52-83(8,47-64)55-86-74(95)107-67-33-27-61(28-34-67)71(92)58-21-15-11-16-22-58/h10-36,63-65,69H,37-56H2,1-9H3,(H,85,94)(H,86,95)(H,87,96)(H,88,97)(H,89,98)(H,90,99). The molecule has 6 amide bonds. The van der Waals surface area contributed by atoms with Gasteiger partial charge in [-0.05, 0) is 163 Å². The highest BCUT2D eigenvalue weighted by Gasteiger charge is 2.45. The molecule has 3 saturated carbocycles. The largest absolute Gasteiger partial charge is 0.447 e. The first-order valence-electron chi connectivity index (χ1n) is 36.9. The fourth-order valence-electron chi connectivity index (χ4n) is 16.1. The molecule has 6 aromatic rings. The molecule has 24 heteroatoms. The van der Waals surface area contributed by atoms with Crippen LogP contribution in [0.4, 0.5) is 28.8 Å². The summed E-state index contributed by atoms with van der Waals surface area (Å²) >= 11 is 0. The van der Waals surface area contributed by atoms with E-state index in [-0.39, 0.29) is 141 Å². The fraction of sp³-hybridized carbons (Fsp3) is 0.464. The van der Waals surface area contributed by atoms with E-state index in [1.54, 1.807) is 146 Å². The highest BCUT2D eigenvalue weighted by atomic mass is 16.6. The van der Waals surface area contributed by atoms with Crippen molar-refractivity contribution < 1.29 is 85.8 Å². The van der Waals surface area contributed by atoms with E-state index in [1.165, 1.54) is 0 Å². The Morgan fingerprint density at radius 1 is 0.324 bits per heavy atom. The van der Waals surface area contributed by atoms with Crippen LogP contribution in [0.15, 0.2) is 164 Å². The molecule has 0 saturated heterocycles. The smallest absolute Gasteiger partial charge is 0.412 e. The van der Waals surface area contributed by atoms with E-state index < -0.39 is 58.9 Å². The maximum absolute atomic E-state index is 13.4. The number of rotatable bonds is 32. The molecule has 578 valence electrons. The average molecular weight is 1490 g/mol. The summed E-state index contributed by atoms with van der Waals surface area (Å²) in [6.07, 6.45) is 1.34. The third kappa shape index (κ3) is 26.4. The normalized spacial score (nSPS) is 21.4. The van der Waals surface area contributed by atoms with Gasteiger partial charge < -0.3 is 74.5 Å². The first kappa shape index (κ1) is 81.9. The second-order valence-corrected chi connectivity index (χ2v) is 32.1. The van der Waals surface area contributed by atoms with E-state index in [0.717, 1.165) is 19.3 Å². The van der Waals surface area contributed by atoms with Crippen molar-refractivity contribution in [3.8, 4) is 17.2 Å². The summed E-state index contributed by atoms with van der Waals surface area (Å²) < 4.78 is 51.6. The van der Waals surface area contributed by atoms with Crippen molar-refractivity contribution in [1.29, 1.82) is 0 Å². The first-order chi connectivity index (χ1) is 51.4. The van der Waals surface area contributed by atoms with E-state index in [1.807, 2.05) is 18.2 Å². The summed E-state index contributed by atoms with van der Waals surface area (Å²) in [5.41, 5.74) is 1.16. The SMILES string of the molecule is CC1(C)CC(NC(=O)OCCOCC(COCCOC(=O)NC2CC(C)(C)CC(C)(CNC(=O)Oc3ccc(C(=O)c4ccccc4)cc3)C2)OCCOC(=O)NC2CC(C)(C)CC(C)(CNC(=O)Oc3ccc(C(=O)c4ccccc4)cc3)C2)CC(C)(CNC(=O)Oc2ccc(C(=O)c3ccccc3)cc2)C1. The van der Waals surface area contributed by atoms with E-state index in [9.17, 15) is 43.2 Å². The molecule has 3 fully saturated rings. The van der Waals surface area contributed by atoms with Crippen molar-refractivity contribution in [3.63, 3.8) is 0 Å². The fourth-order valence-corrected chi connectivity index (χ4v) is 16.1. The maximum Gasteiger partial charge on any atom is 0.412 e. The van der Waals surface area contributed by atoms with Crippen LogP contribution in [0.25, 0.3) is 0 Å². The molecule has 0 aromatic heterocycles. The summed E-state index contributed by atoms with van der Waals surface area (Å²) in [5.74, 6) is 0.415. The number of alkyl carbamates (subject to hydrolysis) is 3. The van der Waals surface area contributed by atoms with E-state index in [4.69, 9.17) is 42.6 Å². The second-order valence-electron chi connectivity index (χ2n) is 32.1. The molecule has 24 nitrogen and oxygen atoms in total. The van der Waals surface area contributed by atoms with Gasteiger partial charge in [0.2, 0.25) is 0 Å². The summed E-state index contributed by atoms with van der Waals surface area (Å²) in [6, 6.07) is 45.0. The highest BCUT2D eigenvalue weighted by Crippen LogP contribution is 2.48. The zero-order chi connectivity index (χ0) is 77.5. The van der Waals surface area contributed by atoms with Crippen LogP contribution in [-0.4, -0.2) is 151 Å². The Labute approximate surface area is 632 Å². The van der Waals surface area contributed by atoms with Gasteiger partial charge in [0.25, 0.3) is 0 Å². The molecule has 0 radical (unpaired) electrons. The van der Waals surface area contributed by atoms with Crippen molar-refractivity contribution >= 4 is 53.9 Å². The molecule has 3 aliphatic carbocycles. The third-order valence-corrected chi connectivity index (χ3v) is 19.6. The molecule has 0 bridgehead atoms. The van der Waals surface area contributed by atoms with Gasteiger partial charge in [-0.15, -0.1) is 0 Å². The zero-order valence-electron chi connectivity index (χ0n) is 63.4. The lowest BCUT2D eigenvalue weighted by Crippen LogP contribution is -2.50. The molecule has 6 N–H and O–H groups in total. The lowest BCUT2D eigenvalue weighted by Gasteiger charge is -2.46. The van der Waals surface area contributed by atoms with Gasteiger partial charge in [-0.1, -0.05) is 153 Å². The van der Waals surface area contributed by atoms with Crippen LogP contribution >= 0.6 is 0 Å². The Kier molecular flexibility index (Phi) is 28.5. The number of hydrogen-bond donors (Lipinski definition) is 6. The molecule has 9 rings (SSSR count). The quantitative estimate of drug-likeness (QED) is 0.0130. The number of carbonyl (C=O) groups is 9. The Morgan fingerprint density at radius 3 is 0.861 bits per heavy atom. The van der Waals surface area contributed by atoms with Crippen LogP contribution in [0.2, 0.25) is 0 Å². The summed E-state index contributed by atoms with van der Waals surface area (Å²) in [7, 11) is 0. The van der Waals surface area contributed by atoms with Gasteiger partial charge >= 0.3 is 36.6 Å². The molecule has 6 atom stereocenters. The van der Waals surface area contributed by atoms with Crippen molar-refractivity contribution in [1.82, 2.24) is 31.9 Å². The van der Waals surface area contributed by atoms with Crippen LogP contribution in [0.5, 0.6) is 17.2 Å². The van der Waals surface area contributed by atoms with Gasteiger partial charge in [0.15, 0.2) is 17.3 Å². The third-order valence-electron chi connectivity index (χ3n) is 19.6. The minimum atomic E-state index is -0.713. The van der Waals surface area contributed by atoms with Gasteiger partial charge in [-0.2, -0.15) is 0 Å². The number of carbonyl (C=O) groups excluding carboxylic acids is 9. The minimum absolute atomic E-state index is 0.00709. The van der Waals surface area contributed by atoms with Gasteiger partial charge in [-0.3, -0.25) is 14.4 Å². The van der Waals surface area contributed by atoms with Gasteiger partial charge in [0.1, 0.15) is 43.2 Å². The van der Waals surface area contributed by atoms with E-state index >= 15 is 0 Å². The molecular formula is C84H104N6O18. The predicted octanol–water partition coefficient (Wildman–Crippen LogP) is 14.4. The number of ketones is 3. The summed E-state index contributed by atoms with van der Waals surface area (Å²) in [5, 5.41) is 17.7. The van der Waals surface area contributed by atoms with Crippen molar-refractivity contribution in [3.05, 3.63) is 197 Å². The van der Waals surface area contributed by atoms with Crippen molar-refractivity contribution in [2.75, 3.05) is 72.5 Å². The van der Waals surface area contributed by atoms with Crippen LogP contribution in [-0.2, 0) is 28.4 Å². The van der Waals surface area contributed by atoms with Crippen molar-refractivity contribution in [2.24, 2.45) is 32.5 Å².